The fraction of sp³-hybridized carbons (Fsp3) is 0.500. The van der Waals surface area contributed by atoms with E-state index in [1.807, 2.05) is 0 Å². The van der Waals surface area contributed by atoms with Crippen LogP contribution in [0.3, 0.4) is 0 Å². The van der Waals surface area contributed by atoms with Gasteiger partial charge in [0.1, 0.15) is 0 Å². The van der Waals surface area contributed by atoms with E-state index < -0.39 is 8.07 Å². The van der Waals surface area contributed by atoms with Crippen LogP contribution in [-0.4, -0.2) is 8.07 Å². The van der Waals surface area contributed by atoms with Crippen molar-refractivity contribution < 1.29 is 63.4 Å². The van der Waals surface area contributed by atoms with Crippen LogP contribution in [-0.2, 0) is 26.2 Å². The van der Waals surface area contributed by atoms with Gasteiger partial charge in [-0.05, 0) is 0 Å². The van der Waals surface area contributed by atoms with Gasteiger partial charge < -0.3 is 37.2 Å². The van der Waals surface area contributed by atoms with Crippen LogP contribution >= 0.6 is 0 Å². The van der Waals surface area contributed by atoms with E-state index in [1.54, 1.807) is 0 Å². The molecule has 0 N–H and O–H groups in total. The third-order valence-electron chi connectivity index (χ3n) is 1.50. The third-order valence-corrected chi connectivity index (χ3v) is 3.46. The maximum atomic E-state index is 3.36. The molecule has 0 radical (unpaired) electrons. The van der Waals surface area contributed by atoms with E-state index in [-0.39, 0.29) is 63.4 Å². The van der Waals surface area contributed by atoms with Crippen LogP contribution in [0.4, 0.5) is 0 Å². The quantitative estimate of drug-likeness (QED) is 0.330. The van der Waals surface area contributed by atoms with Crippen molar-refractivity contribution in [2.24, 2.45) is 0 Å². The zero-order valence-electron chi connectivity index (χ0n) is 8.00. The molecule has 0 amide bonds. The summed E-state index contributed by atoms with van der Waals surface area (Å²) in [6, 6.07) is 0. The molecule has 0 aliphatic heterocycles. The monoisotopic (exact) mass is 332 g/mol. The zero-order valence-corrected chi connectivity index (χ0v) is 13.7. The SMILES string of the molecule is C[Si](C)(C)C1=[C-]CC=C1.[Cl-].[Cl-].[Cl-].[Zr+4]. The fourth-order valence-electron chi connectivity index (χ4n) is 0.920. The first-order chi connectivity index (χ1) is 4.11. The molecule has 0 fully saturated rings. The minimum atomic E-state index is -1.01. The van der Waals surface area contributed by atoms with Crippen LogP contribution in [0.1, 0.15) is 6.42 Å². The molecule has 13 heavy (non-hydrogen) atoms. The molecule has 1 aliphatic rings. The first-order valence-electron chi connectivity index (χ1n) is 3.38. The van der Waals surface area contributed by atoms with E-state index in [0.717, 1.165) is 6.42 Å². The number of hydrogen-bond donors (Lipinski definition) is 0. The van der Waals surface area contributed by atoms with Gasteiger partial charge in [0.25, 0.3) is 0 Å². The molecule has 0 aromatic heterocycles. The summed E-state index contributed by atoms with van der Waals surface area (Å²) in [6.45, 7) is 7.06. The molecular formula is C8H13Cl3SiZr. The first-order valence-corrected chi connectivity index (χ1v) is 6.88. The van der Waals surface area contributed by atoms with E-state index in [1.165, 1.54) is 5.20 Å². The zero-order chi connectivity index (χ0) is 6.91. The predicted molar refractivity (Wildman–Crippen MR) is 43.9 cm³/mol. The summed E-state index contributed by atoms with van der Waals surface area (Å²) in [5, 5.41) is 1.49. The maximum absolute atomic E-state index is 3.36. The topological polar surface area (TPSA) is 0 Å². The maximum Gasteiger partial charge on any atom is 4.00 e. The number of halogens is 3. The van der Waals surface area contributed by atoms with Crippen molar-refractivity contribution in [2.45, 2.75) is 26.1 Å². The second-order valence-corrected chi connectivity index (χ2v) is 8.49. The van der Waals surface area contributed by atoms with Gasteiger partial charge in [0.15, 0.2) is 0 Å². The van der Waals surface area contributed by atoms with E-state index in [0.29, 0.717) is 0 Å². The summed E-state index contributed by atoms with van der Waals surface area (Å²) in [7, 11) is -1.01. The molecule has 0 bridgehead atoms. The van der Waals surface area contributed by atoms with E-state index in [4.69, 9.17) is 0 Å². The molecule has 1 aliphatic carbocycles. The van der Waals surface area contributed by atoms with Crippen LogP contribution in [0, 0.1) is 6.08 Å². The Morgan fingerprint density at radius 2 is 1.62 bits per heavy atom. The summed E-state index contributed by atoms with van der Waals surface area (Å²) in [4.78, 5) is 0. The molecule has 0 spiro atoms. The van der Waals surface area contributed by atoms with E-state index in [2.05, 4.69) is 37.9 Å². The van der Waals surface area contributed by atoms with Crippen molar-refractivity contribution in [1.82, 2.24) is 0 Å². The molecule has 0 aromatic carbocycles. The average molecular weight is 335 g/mol. The van der Waals surface area contributed by atoms with Gasteiger partial charge in [-0.25, -0.2) is 11.3 Å². The molecule has 0 saturated carbocycles. The van der Waals surface area contributed by atoms with Crippen molar-refractivity contribution in [3.8, 4) is 0 Å². The first kappa shape index (κ1) is 23.9. The van der Waals surface area contributed by atoms with E-state index in [9.17, 15) is 0 Å². The number of allylic oxidation sites excluding steroid dienone is 4. The molecule has 0 nitrogen and oxygen atoms in total. The average Bonchev–Trinajstić information content (AvgIpc) is 2.08. The van der Waals surface area contributed by atoms with Gasteiger partial charge in [-0.15, -0.1) is 6.42 Å². The Morgan fingerprint density at radius 1 is 1.15 bits per heavy atom. The Morgan fingerprint density at radius 3 is 1.77 bits per heavy atom. The Balaban J connectivity index is -0.000000101. The van der Waals surface area contributed by atoms with Gasteiger partial charge in [-0.2, -0.15) is 6.08 Å². The summed E-state index contributed by atoms with van der Waals surface area (Å²) in [5.41, 5.74) is 0. The van der Waals surface area contributed by atoms with Crippen LogP contribution in [0.25, 0.3) is 0 Å². The Kier molecular flexibility index (Phi) is 18.4. The van der Waals surface area contributed by atoms with Crippen molar-refractivity contribution in [2.75, 3.05) is 0 Å². The molecular weight excluding hydrogens is 322 g/mol. The summed E-state index contributed by atoms with van der Waals surface area (Å²) >= 11 is 0. The molecule has 74 valence electrons. The molecule has 0 heterocycles. The van der Waals surface area contributed by atoms with Crippen molar-refractivity contribution in [3.05, 3.63) is 23.4 Å². The minimum Gasteiger partial charge on any atom is -1.00 e. The van der Waals surface area contributed by atoms with E-state index >= 15 is 0 Å². The molecule has 0 aromatic rings. The summed E-state index contributed by atoms with van der Waals surface area (Å²) < 4.78 is 0. The summed E-state index contributed by atoms with van der Waals surface area (Å²) in [6.07, 6.45) is 8.82. The molecule has 5 heteroatoms. The molecule has 1 rings (SSSR count). The van der Waals surface area contributed by atoms with Gasteiger partial charge in [0.2, 0.25) is 0 Å². The van der Waals surface area contributed by atoms with Gasteiger partial charge >= 0.3 is 26.2 Å². The summed E-state index contributed by atoms with van der Waals surface area (Å²) in [5.74, 6) is 0. The third kappa shape index (κ3) is 8.44. The van der Waals surface area contributed by atoms with Gasteiger partial charge in [0, 0.05) is 8.07 Å². The molecule has 0 atom stereocenters. The number of rotatable bonds is 1. The number of hydrogen-bond acceptors (Lipinski definition) is 0. The van der Waals surface area contributed by atoms with Crippen molar-refractivity contribution >= 4 is 8.07 Å². The normalized spacial score (nSPS) is 12.7. The largest absolute Gasteiger partial charge is 4.00 e. The second-order valence-electron chi connectivity index (χ2n) is 3.45. The van der Waals surface area contributed by atoms with Crippen LogP contribution < -0.4 is 37.2 Å². The van der Waals surface area contributed by atoms with Gasteiger partial charge in [-0.3, -0.25) is 6.08 Å². The van der Waals surface area contributed by atoms with Crippen LogP contribution in [0.5, 0.6) is 0 Å². The smallest absolute Gasteiger partial charge is 1.00 e. The standard InChI is InChI=1S/C8H13Si.3ClH.Zr/c1-9(2,3)8-6-4-5-7-8;;;;/h4,6H,5H2,1-3H3;3*1H;/q-1;;;;+4/p-3. The Hall–Kier alpha value is 1.45. The molecule has 0 saturated heterocycles. The Labute approximate surface area is 120 Å². The van der Waals surface area contributed by atoms with Crippen LogP contribution in [0.15, 0.2) is 17.3 Å². The molecule has 0 unspecified atom stereocenters. The predicted octanol–water partition coefficient (Wildman–Crippen LogP) is -6.44. The minimum absolute atomic E-state index is 0. The second kappa shape index (κ2) is 9.98. The Bertz CT molecular complexity index is 173. The van der Waals surface area contributed by atoms with Gasteiger partial charge in [0.05, 0.1) is 0 Å². The van der Waals surface area contributed by atoms with Crippen molar-refractivity contribution in [3.63, 3.8) is 0 Å². The van der Waals surface area contributed by atoms with Crippen molar-refractivity contribution in [1.29, 1.82) is 0 Å². The fourth-order valence-corrected chi connectivity index (χ4v) is 2.17. The van der Waals surface area contributed by atoms with Gasteiger partial charge in [-0.1, -0.05) is 19.6 Å². The van der Waals surface area contributed by atoms with Crippen LogP contribution in [0.2, 0.25) is 19.6 Å².